The first-order chi connectivity index (χ1) is 25.4. The van der Waals surface area contributed by atoms with Gasteiger partial charge in [-0.15, -0.1) is 0 Å². The summed E-state index contributed by atoms with van der Waals surface area (Å²) in [7, 11) is 0. The van der Waals surface area contributed by atoms with Crippen molar-refractivity contribution >= 4 is 18.0 Å². The lowest BCUT2D eigenvalue weighted by atomic mass is 9.45. The Kier molecular flexibility index (Phi) is 8.87. The number of alkyl carbamates (subject to hydrolysis) is 1. The molecule has 8 rings (SSSR count). The molecule has 3 fully saturated rings. The number of primary amides is 1. The third-order valence-corrected chi connectivity index (χ3v) is 14.0. The molecule has 0 bridgehead atoms. The summed E-state index contributed by atoms with van der Waals surface area (Å²) < 4.78 is 16.8. The van der Waals surface area contributed by atoms with Crippen molar-refractivity contribution in [2.75, 3.05) is 6.61 Å². The molecule has 0 spiro atoms. The predicted octanol–water partition coefficient (Wildman–Crippen LogP) is 6.50. The number of carbonyl (C=O) groups excluding carboxylic acids is 3. The highest BCUT2D eigenvalue weighted by Gasteiger charge is 2.66. The molecule has 3 saturated carbocycles. The highest BCUT2D eigenvalue weighted by Crippen LogP contribution is 2.70. The minimum atomic E-state index is -1.29. The van der Waals surface area contributed by atoms with Crippen LogP contribution in [0.25, 0.3) is 11.1 Å². The molecular formula is C43H48N2O8. The summed E-state index contributed by atoms with van der Waals surface area (Å²) in [5.74, 6) is -1.10. The molecule has 1 heterocycles. The fraction of sp³-hybridized carbons (Fsp3) is 0.488. The maximum Gasteiger partial charge on any atom is 0.407 e. The zero-order valence-electron chi connectivity index (χ0n) is 30.3. The Morgan fingerprint density at radius 2 is 1.64 bits per heavy atom. The summed E-state index contributed by atoms with van der Waals surface area (Å²) in [6.07, 6.45) is 8.28. The first-order valence-corrected chi connectivity index (χ1v) is 19.0. The molecule has 2 unspecified atom stereocenters. The van der Waals surface area contributed by atoms with Crippen LogP contribution in [0.1, 0.15) is 100 Å². The monoisotopic (exact) mass is 720 g/mol. The van der Waals surface area contributed by atoms with Crippen LogP contribution >= 0.6 is 0 Å². The standard InChI is InChI=1S/C43H48N2O8/c1-41-18-15-27(21-26(41)12-13-35-34(41)16-19-42(2)33(17-20-43(35,42)50)25-11-14-38(47)51-23-25)53-39(48)36(22-37(44)46)45-40(49)52-24-32-30-9-5-3-7-28(30)29-8-4-6-10-31(29)32/h3-11,14,21,23,27,32-36,50H,12-13,15-20,22,24H2,1-2H3,(H2,44,46)(H,45,49)/t27-,33+,34?,35?,36+,41-,42+,43-/m0/s1. The van der Waals surface area contributed by atoms with E-state index in [0.717, 1.165) is 66.3 Å². The van der Waals surface area contributed by atoms with Crippen LogP contribution < -0.4 is 16.7 Å². The summed E-state index contributed by atoms with van der Waals surface area (Å²) >= 11 is 0. The molecular weight excluding hydrogens is 672 g/mol. The molecule has 53 heavy (non-hydrogen) atoms. The Bertz CT molecular complexity index is 1970. The van der Waals surface area contributed by atoms with Gasteiger partial charge in [0, 0.05) is 17.4 Å². The zero-order valence-corrected chi connectivity index (χ0v) is 30.3. The van der Waals surface area contributed by atoms with E-state index in [-0.39, 0.29) is 46.7 Å². The maximum absolute atomic E-state index is 13.5. The largest absolute Gasteiger partial charge is 0.457 e. The Hall–Kier alpha value is -4.70. The number of amides is 2. The van der Waals surface area contributed by atoms with Gasteiger partial charge in [0.05, 0.1) is 18.3 Å². The summed E-state index contributed by atoms with van der Waals surface area (Å²) in [6, 6.07) is 18.1. The normalized spacial score (nSPS) is 31.8. The van der Waals surface area contributed by atoms with Crippen LogP contribution in [0.15, 0.2) is 87.8 Å². The quantitative estimate of drug-likeness (QED) is 0.176. The van der Waals surface area contributed by atoms with E-state index < -0.39 is 42.1 Å². The average Bonchev–Trinajstić information content (AvgIpc) is 3.61. The van der Waals surface area contributed by atoms with Crippen molar-refractivity contribution in [3.63, 3.8) is 0 Å². The first-order valence-electron chi connectivity index (χ1n) is 19.0. The van der Waals surface area contributed by atoms with Gasteiger partial charge in [-0.25, -0.2) is 14.4 Å². The zero-order chi connectivity index (χ0) is 37.1. The van der Waals surface area contributed by atoms with Gasteiger partial charge in [-0.2, -0.15) is 0 Å². The summed E-state index contributed by atoms with van der Waals surface area (Å²) in [6.45, 7) is 4.58. The fourth-order valence-corrected chi connectivity index (χ4v) is 11.3. The number of aliphatic hydroxyl groups is 1. The lowest BCUT2D eigenvalue weighted by Gasteiger charge is -2.61. The predicted molar refractivity (Wildman–Crippen MR) is 197 cm³/mol. The number of fused-ring (bicyclic) bond motifs is 8. The Labute approximate surface area is 309 Å². The molecule has 10 heteroatoms. The second-order valence-corrected chi connectivity index (χ2v) is 16.4. The van der Waals surface area contributed by atoms with Crippen molar-refractivity contribution in [2.24, 2.45) is 28.4 Å². The van der Waals surface area contributed by atoms with E-state index in [1.54, 1.807) is 6.26 Å². The summed E-state index contributed by atoms with van der Waals surface area (Å²) in [5, 5.41) is 15.1. The molecule has 8 atom stereocenters. The molecule has 0 radical (unpaired) electrons. The molecule has 5 aliphatic rings. The molecule has 1 aromatic heterocycles. The number of ether oxygens (including phenoxy) is 2. The highest BCUT2D eigenvalue weighted by molar-refractivity contribution is 5.87. The number of esters is 1. The van der Waals surface area contributed by atoms with Crippen molar-refractivity contribution in [3.05, 3.63) is 106 Å². The summed E-state index contributed by atoms with van der Waals surface area (Å²) in [5.41, 5.74) is 10.4. The van der Waals surface area contributed by atoms with E-state index in [2.05, 4.69) is 37.4 Å². The molecule has 4 N–H and O–H groups in total. The van der Waals surface area contributed by atoms with E-state index in [4.69, 9.17) is 19.6 Å². The fourth-order valence-electron chi connectivity index (χ4n) is 11.3. The average molecular weight is 721 g/mol. The van der Waals surface area contributed by atoms with Gasteiger partial charge < -0.3 is 30.0 Å². The van der Waals surface area contributed by atoms with Gasteiger partial charge in [0.1, 0.15) is 18.8 Å². The van der Waals surface area contributed by atoms with Crippen molar-refractivity contribution in [3.8, 4) is 11.1 Å². The Morgan fingerprint density at radius 1 is 0.925 bits per heavy atom. The third-order valence-electron chi connectivity index (χ3n) is 14.0. The third kappa shape index (κ3) is 5.90. The van der Waals surface area contributed by atoms with E-state index in [0.29, 0.717) is 12.8 Å². The Balaban J connectivity index is 0.923. The van der Waals surface area contributed by atoms with Crippen LogP contribution in [0.3, 0.4) is 0 Å². The lowest BCUT2D eigenvalue weighted by molar-refractivity contribution is -0.179. The number of carbonyl (C=O) groups is 3. The number of hydrogen-bond donors (Lipinski definition) is 3. The second-order valence-electron chi connectivity index (χ2n) is 16.4. The van der Waals surface area contributed by atoms with Crippen LogP contribution in [0.4, 0.5) is 4.79 Å². The SMILES string of the molecule is C[C@]12CC[C@H](OC(=O)[C@@H](CC(N)=O)NC(=O)OCC3c4ccccc4-c4ccccc43)C=C1CCC1C2CC[C@]2(C)[C@@H](c3ccc(=O)oc3)CC[C@]12O. The van der Waals surface area contributed by atoms with Crippen LogP contribution in [-0.2, 0) is 19.1 Å². The molecule has 0 aliphatic heterocycles. The molecule has 278 valence electrons. The molecule has 2 aromatic carbocycles. The highest BCUT2D eigenvalue weighted by atomic mass is 16.6. The van der Waals surface area contributed by atoms with Gasteiger partial charge in [0.25, 0.3) is 0 Å². The first kappa shape index (κ1) is 35.3. The van der Waals surface area contributed by atoms with Gasteiger partial charge in [-0.3, -0.25) is 4.79 Å². The Morgan fingerprint density at radius 3 is 2.32 bits per heavy atom. The van der Waals surface area contributed by atoms with E-state index in [1.807, 2.05) is 42.5 Å². The minimum Gasteiger partial charge on any atom is -0.457 e. The van der Waals surface area contributed by atoms with E-state index >= 15 is 0 Å². The smallest absolute Gasteiger partial charge is 0.407 e. The van der Waals surface area contributed by atoms with E-state index in [9.17, 15) is 24.3 Å². The number of rotatable bonds is 8. The van der Waals surface area contributed by atoms with Crippen molar-refractivity contribution in [1.82, 2.24) is 5.32 Å². The van der Waals surface area contributed by atoms with Crippen LogP contribution in [0.2, 0.25) is 0 Å². The van der Waals surface area contributed by atoms with Crippen molar-refractivity contribution in [1.29, 1.82) is 0 Å². The molecule has 5 aliphatic carbocycles. The number of nitrogens with one attached hydrogen (secondary N) is 1. The number of benzene rings is 2. The van der Waals surface area contributed by atoms with Gasteiger partial charge in [0.15, 0.2) is 0 Å². The molecule has 0 saturated heterocycles. The minimum absolute atomic E-state index is 0.0624. The number of nitrogens with two attached hydrogens (primary N) is 1. The molecule has 2 amide bonds. The van der Waals surface area contributed by atoms with Crippen LogP contribution in [0, 0.1) is 22.7 Å². The van der Waals surface area contributed by atoms with Gasteiger partial charge in [-0.05, 0) is 114 Å². The second kappa shape index (κ2) is 13.3. The topological polar surface area (TPSA) is 158 Å². The van der Waals surface area contributed by atoms with Crippen LogP contribution in [0.5, 0.6) is 0 Å². The maximum atomic E-state index is 13.5. The van der Waals surface area contributed by atoms with Gasteiger partial charge >= 0.3 is 17.7 Å². The van der Waals surface area contributed by atoms with Crippen LogP contribution in [-0.4, -0.2) is 47.4 Å². The van der Waals surface area contributed by atoms with Crippen molar-refractivity contribution in [2.45, 2.75) is 101 Å². The van der Waals surface area contributed by atoms with E-state index in [1.165, 1.54) is 11.6 Å². The molecule has 3 aromatic rings. The number of hydrogen-bond acceptors (Lipinski definition) is 8. The van der Waals surface area contributed by atoms with Gasteiger partial charge in [-0.1, -0.05) is 68.0 Å². The van der Waals surface area contributed by atoms with Gasteiger partial charge in [0.2, 0.25) is 5.91 Å². The molecule has 10 nitrogen and oxygen atoms in total. The van der Waals surface area contributed by atoms with Crippen molar-refractivity contribution < 1.29 is 33.4 Å². The number of allylic oxidation sites excluding steroid dienone is 1. The lowest BCUT2D eigenvalue weighted by Crippen LogP contribution is -2.60. The summed E-state index contributed by atoms with van der Waals surface area (Å²) in [4.78, 5) is 50.3.